The van der Waals surface area contributed by atoms with Gasteiger partial charge in [0.2, 0.25) is 0 Å². The number of halogens is 1. The van der Waals surface area contributed by atoms with Gasteiger partial charge in [0.1, 0.15) is 0 Å². The number of amides is 3. The van der Waals surface area contributed by atoms with Gasteiger partial charge in [-0.15, -0.1) is 0 Å². The Balaban J connectivity index is 1.69. The Bertz CT molecular complexity index is 1060. The molecule has 0 spiro atoms. The molecule has 6 nitrogen and oxygen atoms in total. The second kappa shape index (κ2) is 9.50. The zero-order chi connectivity index (χ0) is 21.7. The number of benzene rings is 2. The summed E-state index contributed by atoms with van der Waals surface area (Å²) in [6, 6.07) is 12.5. The van der Waals surface area contributed by atoms with Crippen LogP contribution >= 0.6 is 11.6 Å². The van der Waals surface area contributed by atoms with E-state index in [0.717, 1.165) is 28.1 Å². The molecule has 0 aliphatic heterocycles. The number of carbonyl (C=O) groups is 2. The molecule has 154 valence electrons. The zero-order valence-corrected chi connectivity index (χ0v) is 17.9. The topological polar surface area (TPSA) is 84.0 Å². The molecule has 2 N–H and O–H groups in total. The third kappa shape index (κ3) is 5.21. The number of hydrogen-bond acceptors (Lipinski definition) is 4. The van der Waals surface area contributed by atoms with E-state index in [9.17, 15) is 9.59 Å². The van der Waals surface area contributed by atoms with E-state index in [1.54, 1.807) is 0 Å². The summed E-state index contributed by atoms with van der Waals surface area (Å²) in [7, 11) is 0. The third-order valence-corrected chi connectivity index (χ3v) is 4.98. The molecular formula is C23H23ClN4O2. The summed E-state index contributed by atoms with van der Waals surface area (Å²) in [5, 5.41) is 5.63. The number of anilines is 1. The normalized spacial score (nSPS) is 10.5. The summed E-state index contributed by atoms with van der Waals surface area (Å²) in [6.45, 7) is 5.64. The fraction of sp³-hybridized carbons (Fsp3) is 0.217. The summed E-state index contributed by atoms with van der Waals surface area (Å²) < 4.78 is 0. The highest BCUT2D eigenvalue weighted by Gasteiger charge is 2.16. The number of urea groups is 1. The first-order chi connectivity index (χ1) is 14.4. The summed E-state index contributed by atoms with van der Waals surface area (Å²) in [5.74, 6) is -0.162. The number of rotatable bonds is 5. The molecule has 1 aromatic heterocycles. The second-order valence-electron chi connectivity index (χ2n) is 6.98. The minimum Gasteiger partial charge on any atom is -0.291 e. The van der Waals surface area contributed by atoms with Crippen LogP contribution in [0.2, 0.25) is 5.02 Å². The average molecular weight is 423 g/mol. The van der Waals surface area contributed by atoms with E-state index in [0.29, 0.717) is 29.2 Å². The number of nitrogens with one attached hydrogen (secondary N) is 2. The lowest BCUT2D eigenvalue weighted by atomic mass is 10.0. The Morgan fingerprint density at radius 3 is 2.30 bits per heavy atom. The van der Waals surface area contributed by atoms with Gasteiger partial charge in [0.05, 0.1) is 17.6 Å². The van der Waals surface area contributed by atoms with Crippen molar-refractivity contribution in [1.29, 1.82) is 0 Å². The first-order valence-corrected chi connectivity index (χ1v) is 10.0. The number of nitrogens with zero attached hydrogens (tertiary/aromatic N) is 2. The largest absolute Gasteiger partial charge is 0.327 e. The van der Waals surface area contributed by atoms with E-state index in [4.69, 9.17) is 11.6 Å². The molecular weight excluding hydrogens is 400 g/mol. The molecule has 0 fully saturated rings. The van der Waals surface area contributed by atoms with Crippen molar-refractivity contribution in [2.75, 3.05) is 5.32 Å². The van der Waals surface area contributed by atoms with Gasteiger partial charge in [0.15, 0.2) is 5.82 Å². The van der Waals surface area contributed by atoms with Gasteiger partial charge in [0, 0.05) is 17.0 Å². The average Bonchev–Trinajstić information content (AvgIpc) is 2.70. The Kier molecular flexibility index (Phi) is 6.79. The van der Waals surface area contributed by atoms with Crippen LogP contribution in [0.4, 0.5) is 10.6 Å². The quantitative estimate of drug-likeness (QED) is 0.614. The predicted octanol–water partition coefficient (Wildman–Crippen LogP) is 4.86. The summed E-state index contributed by atoms with van der Waals surface area (Å²) >= 11 is 5.94. The van der Waals surface area contributed by atoms with Gasteiger partial charge < -0.3 is 0 Å². The van der Waals surface area contributed by atoms with E-state index >= 15 is 0 Å². The number of carbonyl (C=O) groups excluding carboxylic acids is 2. The van der Waals surface area contributed by atoms with Crippen molar-refractivity contribution in [2.45, 2.75) is 33.6 Å². The predicted molar refractivity (Wildman–Crippen MR) is 118 cm³/mol. The molecule has 30 heavy (non-hydrogen) atoms. The molecule has 7 heteroatoms. The van der Waals surface area contributed by atoms with Gasteiger partial charge in [-0.05, 0) is 49.1 Å². The van der Waals surface area contributed by atoms with Crippen molar-refractivity contribution in [3.8, 4) is 0 Å². The fourth-order valence-corrected chi connectivity index (χ4v) is 3.35. The van der Waals surface area contributed by atoms with Crippen LogP contribution in [0.5, 0.6) is 0 Å². The number of aromatic nitrogens is 2. The molecule has 0 radical (unpaired) electrons. The van der Waals surface area contributed by atoms with Crippen LogP contribution in [0.1, 0.15) is 45.4 Å². The molecule has 0 atom stereocenters. The van der Waals surface area contributed by atoms with Crippen LogP contribution < -0.4 is 10.6 Å². The van der Waals surface area contributed by atoms with Gasteiger partial charge in [-0.1, -0.05) is 48.9 Å². The fourth-order valence-electron chi connectivity index (χ4n) is 3.22. The van der Waals surface area contributed by atoms with Crippen LogP contribution in [-0.2, 0) is 12.8 Å². The Morgan fingerprint density at radius 1 is 1.00 bits per heavy atom. The Labute approximate surface area is 180 Å². The van der Waals surface area contributed by atoms with Crippen LogP contribution in [0.25, 0.3) is 0 Å². The van der Waals surface area contributed by atoms with E-state index in [-0.39, 0.29) is 0 Å². The molecule has 3 amide bonds. The summed E-state index contributed by atoms with van der Waals surface area (Å²) in [6.07, 6.45) is 2.77. The minimum absolute atomic E-state index is 0.290. The SMILES string of the molecule is CCc1nc(NC(=O)NC(=O)c2c(C)cccc2C)cnc1Cc1ccc(Cl)cc1. The van der Waals surface area contributed by atoms with Gasteiger partial charge in [0.25, 0.3) is 5.91 Å². The Morgan fingerprint density at radius 2 is 1.67 bits per heavy atom. The van der Waals surface area contributed by atoms with Crippen LogP contribution in [0.15, 0.2) is 48.7 Å². The van der Waals surface area contributed by atoms with Crippen molar-refractivity contribution in [1.82, 2.24) is 15.3 Å². The molecule has 3 aromatic rings. The summed E-state index contributed by atoms with van der Waals surface area (Å²) in [5.41, 5.74) is 4.79. The van der Waals surface area contributed by atoms with E-state index in [1.165, 1.54) is 6.20 Å². The maximum atomic E-state index is 12.5. The van der Waals surface area contributed by atoms with Gasteiger partial charge in [-0.2, -0.15) is 0 Å². The van der Waals surface area contributed by atoms with Crippen molar-refractivity contribution in [2.24, 2.45) is 0 Å². The molecule has 0 unspecified atom stereocenters. The van der Waals surface area contributed by atoms with Crippen molar-refractivity contribution in [3.63, 3.8) is 0 Å². The highest BCUT2D eigenvalue weighted by atomic mass is 35.5. The number of aryl methyl sites for hydroxylation is 3. The van der Waals surface area contributed by atoms with Crippen molar-refractivity contribution in [3.05, 3.63) is 87.3 Å². The van der Waals surface area contributed by atoms with Crippen molar-refractivity contribution >= 4 is 29.4 Å². The molecule has 0 bridgehead atoms. The second-order valence-corrected chi connectivity index (χ2v) is 7.42. The minimum atomic E-state index is -0.649. The van der Waals surface area contributed by atoms with Crippen LogP contribution in [0, 0.1) is 13.8 Å². The first kappa shape index (κ1) is 21.5. The standard InChI is InChI=1S/C23H23ClN4O2/c1-4-18-19(12-16-8-10-17(24)11-9-16)25-13-20(26-18)27-23(30)28-22(29)21-14(2)6-5-7-15(21)3/h5-11,13H,4,12H2,1-3H3,(H2,26,27,28,29,30). The molecule has 0 saturated carbocycles. The molecule has 0 saturated heterocycles. The maximum absolute atomic E-state index is 12.5. The first-order valence-electron chi connectivity index (χ1n) is 9.65. The number of imide groups is 1. The van der Waals surface area contributed by atoms with Crippen LogP contribution in [-0.4, -0.2) is 21.9 Å². The van der Waals surface area contributed by atoms with Gasteiger partial charge >= 0.3 is 6.03 Å². The number of hydrogen-bond donors (Lipinski definition) is 2. The van der Waals surface area contributed by atoms with Crippen molar-refractivity contribution < 1.29 is 9.59 Å². The lowest BCUT2D eigenvalue weighted by molar-refractivity contribution is 0.0966. The molecule has 0 aliphatic carbocycles. The van der Waals surface area contributed by atoms with E-state index in [2.05, 4.69) is 20.6 Å². The lowest BCUT2D eigenvalue weighted by Crippen LogP contribution is -2.35. The van der Waals surface area contributed by atoms with E-state index < -0.39 is 11.9 Å². The molecule has 2 aromatic carbocycles. The lowest BCUT2D eigenvalue weighted by Gasteiger charge is -2.12. The highest BCUT2D eigenvalue weighted by molar-refractivity contribution is 6.30. The molecule has 1 heterocycles. The van der Waals surface area contributed by atoms with Crippen LogP contribution in [0.3, 0.4) is 0 Å². The highest BCUT2D eigenvalue weighted by Crippen LogP contribution is 2.17. The smallest absolute Gasteiger partial charge is 0.291 e. The molecule has 0 aliphatic rings. The van der Waals surface area contributed by atoms with E-state index in [1.807, 2.05) is 63.2 Å². The monoisotopic (exact) mass is 422 g/mol. The maximum Gasteiger partial charge on any atom is 0.327 e. The Hall–Kier alpha value is -3.25. The van der Waals surface area contributed by atoms with Gasteiger partial charge in [-0.3, -0.25) is 20.4 Å². The summed E-state index contributed by atoms with van der Waals surface area (Å²) in [4.78, 5) is 33.7. The zero-order valence-electron chi connectivity index (χ0n) is 17.1. The molecule has 3 rings (SSSR count). The van der Waals surface area contributed by atoms with Gasteiger partial charge in [-0.25, -0.2) is 9.78 Å². The third-order valence-electron chi connectivity index (χ3n) is 4.73.